The van der Waals surface area contributed by atoms with Crippen molar-refractivity contribution in [2.75, 3.05) is 13.2 Å². The molecule has 0 aromatic heterocycles. The van der Waals surface area contributed by atoms with Crippen LogP contribution >= 0.6 is 22.6 Å². The molecule has 1 aromatic carbocycles. The molecule has 0 aliphatic rings. The normalized spacial score (nSPS) is 9.62. The predicted molar refractivity (Wildman–Crippen MR) is 72.7 cm³/mol. The molecular formula is C11H14IN3O. The van der Waals surface area contributed by atoms with Gasteiger partial charge < -0.3 is 4.74 Å². The number of halogens is 1. The quantitative estimate of drug-likeness (QED) is 0.256. The summed E-state index contributed by atoms with van der Waals surface area (Å²) < 4.78 is 6.61. The summed E-state index contributed by atoms with van der Waals surface area (Å²) in [7, 11) is 0. The maximum absolute atomic E-state index is 8.15. The van der Waals surface area contributed by atoms with Crippen molar-refractivity contribution in [1.29, 1.82) is 0 Å². The number of hydrogen-bond acceptors (Lipinski definition) is 2. The van der Waals surface area contributed by atoms with Crippen molar-refractivity contribution in [1.82, 2.24) is 0 Å². The second kappa shape index (κ2) is 7.35. The first-order valence-electron chi connectivity index (χ1n) is 5.20. The lowest BCUT2D eigenvalue weighted by Crippen LogP contribution is -1.95. The molecule has 0 unspecified atom stereocenters. The molecule has 0 heterocycles. The molecule has 4 nitrogen and oxygen atoms in total. The van der Waals surface area contributed by atoms with Crippen LogP contribution < -0.4 is 4.74 Å². The third-order valence-corrected chi connectivity index (χ3v) is 3.11. The number of azide groups is 1. The highest BCUT2D eigenvalue weighted by atomic mass is 127. The molecule has 0 aliphatic carbocycles. The van der Waals surface area contributed by atoms with E-state index in [1.807, 2.05) is 19.1 Å². The van der Waals surface area contributed by atoms with Crippen molar-refractivity contribution < 1.29 is 4.74 Å². The van der Waals surface area contributed by atoms with Crippen molar-refractivity contribution in [3.05, 3.63) is 37.8 Å². The molecule has 0 N–H and O–H groups in total. The first-order chi connectivity index (χ1) is 7.77. The molecule has 0 fully saturated rings. The number of ether oxygens (including phenoxy) is 1. The Morgan fingerprint density at radius 1 is 1.50 bits per heavy atom. The van der Waals surface area contributed by atoms with Gasteiger partial charge in [0.1, 0.15) is 5.75 Å². The van der Waals surface area contributed by atoms with E-state index in [2.05, 4.69) is 38.7 Å². The first-order valence-corrected chi connectivity index (χ1v) is 6.28. The monoisotopic (exact) mass is 331 g/mol. The molecule has 0 atom stereocenters. The summed E-state index contributed by atoms with van der Waals surface area (Å²) in [5.74, 6) is 0.908. The van der Waals surface area contributed by atoms with Gasteiger partial charge in [0.05, 0.1) is 6.61 Å². The maximum atomic E-state index is 8.15. The summed E-state index contributed by atoms with van der Waals surface area (Å²) in [6.45, 7) is 3.22. The van der Waals surface area contributed by atoms with Crippen LogP contribution in [0.25, 0.3) is 10.4 Å². The highest BCUT2D eigenvalue weighted by molar-refractivity contribution is 14.1. The molecule has 0 amide bonds. The van der Waals surface area contributed by atoms with Crippen LogP contribution in [0.1, 0.15) is 18.9 Å². The van der Waals surface area contributed by atoms with Gasteiger partial charge in [-0.2, -0.15) is 0 Å². The lowest BCUT2D eigenvalue weighted by atomic mass is 10.1. The summed E-state index contributed by atoms with van der Waals surface area (Å²) >= 11 is 2.30. The molecule has 16 heavy (non-hydrogen) atoms. The van der Waals surface area contributed by atoms with E-state index >= 15 is 0 Å². The minimum Gasteiger partial charge on any atom is -0.494 e. The van der Waals surface area contributed by atoms with Crippen molar-refractivity contribution in [3.8, 4) is 5.75 Å². The van der Waals surface area contributed by atoms with Gasteiger partial charge in [0, 0.05) is 15.0 Å². The Labute approximate surface area is 109 Å². The molecule has 86 valence electrons. The summed E-state index contributed by atoms with van der Waals surface area (Å²) in [6, 6.07) is 6.09. The Morgan fingerprint density at radius 2 is 2.31 bits per heavy atom. The van der Waals surface area contributed by atoms with Crippen LogP contribution in [0.5, 0.6) is 5.75 Å². The van der Waals surface area contributed by atoms with Crippen molar-refractivity contribution in [2.24, 2.45) is 5.11 Å². The topological polar surface area (TPSA) is 58.0 Å². The lowest BCUT2D eigenvalue weighted by Gasteiger charge is -2.07. The van der Waals surface area contributed by atoms with E-state index in [1.165, 1.54) is 9.13 Å². The summed E-state index contributed by atoms with van der Waals surface area (Å²) in [4.78, 5) is 2.73. The number of hydrogen-bond donors (Lipinski definition) is 0. The highest BCUT2D eigenvalue weighted by Gasteiger charge is 2.01. The van der Waals surface area contributed by atoms with Gasteiger partial charge in [0.25, 0.3) is 0 Å². The summed E-state index contributed by atoms with van der Waals surface area (Å²) in [5.41, 5.74) is 9.43. The molecule has 0 saturated carbocycles. The Morgan fingerprint density at radius 3 is 2.94 bits per heavy atom. The summed E-state index contributed by atoms with van der Waals surface area (Å²) in [6.07, 6.45) is 1.82. The fourth-order valence-electron chi connectivity index (χ4n) is 1.37. The molecule has 0 bridgehead atoms. The molecule has 0 aliphatic heterocycles. The van der Waals surface area contributed by atoms with Crippen LogP contribution in [0.2, 0.25) is 0 Å². The van der Waals surface area contributed by atoms with Crippen LogP contribution in [-0.2, 0) is 6.42 Å². The zero-order valence-electron chi connectivity index (χ0n) is 9.19. The molecule has 0 saturated heterocycles. The smallest absolute Gasteiger partial charge is 0.120 e. The predicted octanol–water partition coefficient (Wildman–Crippen LogP) is 3.93. The second-order valence-corrected chi connectivity index (χ2v) is 4.41. The SMILES string of the molecule is CCOc1ccc(CCCN=[N+]=[N-])c(I)c1. The van der Waals surface area contributed by atoms with Gasteiger partial charge in [-0.15, -0.1) is 0 Å². The van der Waals surface area contributed by atoms with Crippen LogP contribution in [0.4, 0.5) is 0 Å². The fourth-order valence-corrected chi connectivity index (χ4v) is 2.13. The van der Waals surface area contributed by atoms with E-state index in [-0.39, 0.29) is 0 Å². The molecule has 1 rings (SSSR count). The van der Waals surface area contributed by atoms with Gasteiger partial charge in [-0.05, 0) is 65.6 Å². The van der Waals surface area contributed by atoms with E-state index in [0.717, 1.165) is 18.6 Å². The van der Waals surface area contributed by atoms with E-state index in [9.17, 15) is 0 Å². The van der Waals surface area contributed by atoms with Gasteiger partial charge >= 0.3 is 0 Å². The molecule has 1 aromatic rings. The summed E-state index contributed by atoms with van der Waals surface area (Å²) in [5, 5.41) is 3.52. The highest BCUT2D eigenvalue weighted by Crippen LogP contribution is 2.20. The third kappa shape index (κ3) is 4.28. The van der Waals surface area contributed by atoms with Crippen LogP contribution in [0, 0.1) is 3.57 Å². The van der Waals surface area contributed by atoms with Crippen molar-refractivity contribution in [3.63, 3.8) is 0 Å². The van der Waals surface area contributed by atoms with Gasteiger partial charge in [0.15, 0.2) is 0 Å². The van der Waals surface area contributed by atoms with Gasteiger partial charge in [-0.25, -0.2) is 0 Å². The average molecular weight is 331 g/mol. The zero-order chi connectivity index (χ0) is 11.8. The van der Waals surface area contributed by atoms with E-state index in [0.29, 0.717) is 13.2 Å². The minimum atomic E-state index is 0.555. The minimum absolute atomic E-state index is 0.555. The molecular weight excluding hydrogens is 317 g/mol. The number of benzene rings is 1. The Kier molecular flexibility index (Phi) is 6.03. The van der Waals surface area contributed by atoms with Crippen LogP contribution in [0.3, 0.4) is 0 Å². The van der Waals surface area contributed by atoms with Crippen LogP contribution in [-0.4, -0.2) is 13.2 Å². The zero-order valence-corrected chi connectivity index (χ0v) is 11.3. The van der Waals surface area contributed by atoms with Gasteiger partial charge in [0.2, 0.25) is 0 Å². The van der Waals surface area contributed by atoms with E-state index in [1.54, 1.807) is 0 Å². The fraction of sp³-hybridized carbons (Fsp3) is 0.455. The Bertz CT molecular complexity index is 389. The van der Waals surface area contributed by atoms with Crippen molar-refractivity contribution >= 4 is 22.6 Å². The number of nitrogens with zero attached hydrogens (tertiary/aromatic N) is 3. The van der Waals surface area contributed by atoms with Gasteiger partial charge in [-0.1, -0.05) is 11.2 Å². The first kappa shape index (κ1) is 13.1. The van der Waals surface area contributed by atoms with Gasteiger partial charge in [-0.3, -0.25) is 0 Å². The van der Waals surface area contributed by atoms with Crippen molar-refractivity contribution in [2.45, 2.75) is 19.8 Å². The lowest BCUT2D eigenvalue weighted by molar-refractivity contribution is 0.340. The standard InChI is InChI=1S/C11H14IN3O/c1-2-16-10-6-5-9(11(12)8-10)4-3-7-14-15-13/h5-6,8H,2-4,7H2,1H3. The van der Waals surface area contributed by atoms with E-state index in [4.69, 9.17) is 10.3 Å². The van der Waals surface area contributed by atoms with E-state index < -0.39 is 0 Å². The Balaban J connectivity index is 2.56. The third-order valence-electron chi connectivity index (χ3n) is 2.10. The van der Waals surface area contributed by atoms with Crippen LogP contribution in [0.15, 0.2) is 23.3 Å². The number of rotatable bonds is 6. The molecule has 0 spiro atoms. The maximum Gasteiger partial charge on any atom is 0.120 e. The number of aryl methyl sites for hydroxylation is 1. The second-order valence-electron chi connectivity index (χ2n) is 3.24. The molecule has 0 radical (unpaired) electrons. The molecule has 5 heteroatoms. The Hall–Kier alpha value is -0.940. The largest absolute Gasteiger partial charge is 0.494 e. The average Bonchev–Trinajstić information content (AvgIpc) is 2.27.